The fourth-order valence-corrected chi connectivity index (χ4v) is 3.16. The summed E-state index contributed by atoms with van der Waals surface area (Å²) in [5, 5.41) is 10.4. The van der Waals surface area contributed by atoms with Crippen molar-refractivity contribution in [2.24, 2.45) is 10.3 Å². The van der Waals surface area contributed by atoms with Crippen LogP contribution in [-0.4, -0.2) is 38.3 Å². The van der Waals surface area contributed by atoms with E-state index in [9.17, 15) is 9.18 Å². The first-order valence-electron chi connectivity index (χ1n) is 10.6. The number of hydrogen-bond acceptors (Lipinski definition) is 6. The molecule has 0 aliphatic carbocycles. The predicted octanol–water partition coefficient (Wildman–Crippen LogP) is 4.25. The summed E-state index contributed by atoms with van der Waals surface area (Å²) >= 11 is 0. The second-order valence-electron chi connectivity index (χ2n) is 7.16. The first kappa shape index (κ1) is 24.4. The van der Waals surface area contributed by atoms with Crippen LogP contribution in [0.4, 0.5) is 4.39 Å². The van der Waals surface area contributed by atoms with Gasteiger partial charge in [-0.3, -0.25) is 4.79 Å². The van der Waals surface area contributed by atoms with Crippen molar-refractivity contribution in [1.82, 2.24) is 5.32 Å². The fraction of sp³-hybridized carbons (Fsp3) is 0.192. The van der Waals surface area contributed by atoms with Gasteiger partial charge in [-0.2, -0.15) is 0 Å². The molecular weight excluding hydrogens is 437 g/mol. The first-order valence-corrected chi connectivity index (χ1v) is 10.6. The molecule has 0 bridgehead atoms. The molecular formula is C26H26FN3O4. The van der Waals surface area contributed by atoms with E-state index in [1.807, 2.05) is 42.5 Å². The van der Waals surface area contributed by atoms with E-state index in [1.54, 1.807) is 36.4 Å². The van der Waals surface area contributed by atoms with E-state index in [2.05, 4.69) is 15.6 Å². The number of ether oxygens (including phenoxy) is 1. The lowest BCUT2D eigenvalue weighted by molar-refractivity contribution is -0.114. The Morgan fingerprint density at radius 3 is 2.59 bits per heavy atom. The molecule has 1 atom stereocenters. The highest BCUT2D eigenvalue weighted by atomic mass is 19.1. The predicted molar refractivity (Wildman–Crippen MR) is 129 cm³/mol. The van der Waals surface area contributed by atoms with Crippen LogP contribution in [0.1, 0.15) is 22.3 Å². The van der Waals surface area contributed by atoms with Crippen molar-refractivity contribution in [3.05, 3.63) is 101 Å². The van der Waals surface area contributed by atoms with Gasteiger partial charge in [0.25, 0.3) is 5.91 Å². The minimum absolute atomic E-state index is 0.103. The van der Waals surface area contributed by atoms with Crippen molar-refractivity contribution in [2.75, 3.05) is 14.2 Å². The van der Waals surface area contributed by atoms with Crippen LogP contribution in [0.5, 0.6) is 5.75 Å². The van der Waals surface area contributed by atoms with Crippen molar-refractivity contribution >= 4 is 17.8 Å². The fourth-order valence-electron chi connectivity index (χ4n) is 3.16. The Balaban J connectivity index is 1.60. The molecule has 3 aromatic carbocycles. The van der Waals surface area contributed by atoms with Crippen LogP contribution in [0.2, 0.25) is 0 Å². The maximum absolute atomic E-state index is 14.3. The molecule has 0 aromatic heterocycles. The standard InChI is InChI=1S/C26H26FN3O4/c1-28-26(31)25(30-32-2)23-14-7-6-12-21(23)18-33-29-17-20-11-8-13-22(15-20)34-24(27)16-19-9-4-3-5-10-19/h3-15,17,24H,16,18H2,1-2H3,(H,28,31)/b29-17?,30-25+. The van der Waals surface area contributed by atoms with Gasteiger partial charge < -0.3 is 19.7 Å². The molecule has 0 aliphatic heterocycles. The molecule has 176 valence electrons. The highest BCUT2D eigenvalue weighted by Crippen LogP contribution is 2.17. The van der Waals surface area contributed by atoms with Gasteiger partial charge in [0.05, 0.1) is 6.21 Å². The van der Waals surface area contributed by atoms with Crippen LogP contribution in [0.3, 0.4) is 0 Å². The third-order valence-corrected chi connectivity index (χ3v) is 4.75. The second kappa shape index (κ2) is 12.7. The third-order valence-electron chi connectivity index (χ3n) is 4.75. The summed E-state index contributed by atoms with van der Waals surface area (Å²) in [6.07, 6.45) is 0.195. The maximum atomic E-state index is 14.3. The molecule has 7 nitrogen and oxygen atoms in total. The van der Waals surface area contributed by atoms with Gasteiger partial charge >= 0.3 is 0 Å². The van der Waals surface area contributed by atoms with E-state index >= 15 is 0 Å². The van der Waals surface area contributed by atoms with E-state index < -0.39 is 6.36 Å². The molecule has 8 heteroatoms. The van der Waals surface area contributed by atoms with Crippen molar-refractivity contribution in [1.29, 1.82) is 0 Å². The zero-order chi connectivity index (χ0) is 24.2. The lowest BCUT2D eigenvalue weighted by atomic mass is 10.0. The van der Waals surface area contributed by atoms with Gasteiger partial charge in [0.1, 0.15) is 19.5 Å². The van der Waals surface area contributed by atoms with Crippen LogP contribution in [0.15, 0.2) is 89.2 Å². The number of likely N-dealkylation sites (N-methyl/N-ethyl adjacent to an activating group) is 1. The average molecular weight is 464 g/mol. The molecule has 0 radical (unpaired) electrons. The van der Waals surface area contributed by atoms with Gasteiger partial charge in [0.15, 0.2) is 5.71 Å². The van der Waals surface area contributed by atoms with E-state index in [0.717, 1.165) is 5.56 Å². The van der Waals surface area contributed by atoms with Gasteiger partial charge in [-0.15, -0.1) is 0 Å². The zero-order valence-electron chi connectivity index (χ0n) is 19.0. The molecule has 0 saturated carbocycles. The Morgan fingerprint density at radius 1 is 1.06 bits per heavy atom. The molecule has 3 aromatic rings. The Bertz CT molecular complexity index is 1140. The maximum Gasteiger partial charge on any atom is 0.273 e. The van der Waals surface area contributed by atoms with Crippen molar-refractivity contribution < 1.29 is 23.6 Å². The van der Waals surface area contributed by atoms with Gasteiger partial charge in [0, 0.05) is 24.6 Å². The summed E-state index contributed by atoms with van der Waals surface area (Å²) in [5.74, 6) is 0.0109. The first-order chi connectivity index (χ1) is 16.6. The number of carbonyl (C=O) groups excluding carboxylic acids is 1. The Hall–Kier alpha value is -4.20. The average Bonchev–Trinajstić information content (AvgIpc) is 2.86. The molecule has 0 fully saturated rings. The monoisotopic (exact) mass is 463 g/mol. The molecule has 1 N–H and O–H groups in total. The quantitative estimate of drug-likeness (QED) is 0.341. The highest BCUT2D eigenvalue weighted by molar-refractivity contribution is 6.45. The number of benzene rings is 3. The normalized spacial score (nSPS) is 12.3. The lowest BCUT2D eigenvalue weighted by Gasteiger charge is -2.12. The van der Waals surface area contributed by atoms with Gasteiger partial charge in [-0.25, -0.2) is 4.39 Å². The Labute approximate surface area is 197 Å². The number of carbonyl (C=O) groups is 1. The van der Waals surface area contributed by atoms with Crippen molar-refractivity contribution in [3.63, 3.8) is 0 Å². The van der Waals surface area contributed by atoms with Gasteiger partial charge in [-0.05, 0) is 23.3 Å². The largest absolute Gasteiger partial charge is 0.460 e. The number of oxime groups is 2. The number of amides is 1. The number of nitrogens with zero attached hydrogens (tertiary/aromatic N) is 2. The third kappa shape index (κ3) is 7.16. The van der Waals surface area contributed by atoms with Crippen LogP contribution >= 0.6 is 0 Å². The molecule has 0 heterocycles. The van der Waals surface area contributed by atoms with E-state index in [1.165, 1.54) is 20.4 Å². The van der Waals surface area contributed by atoms with E-state index in [0.29, 0.717) is 22.4 Å². The zero-order valence-corrected chi connectivity index (χ0v) is 19.0. The number of alkyl halides is 1. The van der Waals surface area contributed by atoms with Crippen LogP contribution in [0.25, 0.3) is 0 Å². The van der Waals surface area contributed by atoms with Gasteiger partial charge in [0.2, 0.25) is 6.36 Å². The second-order valence-corrected chi connectivity index (χ2v) is 7.16. The molecule has 1 amide bonds. The summed E-state index contributed by atoms with van der Waals surface area (Å²) in [6, 6.07) is 23.4. The highest BCUT2D eigenvalue weighted by Gasteiger charge is 2.17. The molecule has 0 saturated heterocycles. The molecule has 0 spiro atoms. The molecule has 34 heavy (non-hydrogen) atoms. The lowest BCUT2D eigenvalue weighted by Crippen LogP contribution is -2.29. The Kier molecular flexibility index (Phi) is 9.16. The topological polar surface area (TPSA) is 81.5 Å². The Morgan fingerprint density at radius 2 is 1.82 bits per heavy atom. The summed E-state index contributed by atoms with van der Waals surface area (Å²) < 4.78 is 19.7. The molecule has 1 unspecified atom stereocenters. The SMILES string of the molecule is CNC(=O)/C(=N/OC)c1ccccc1CON=Cc1cccc(OC(F)Cc2ccccc2)c1. The van der Waals surface area contributed by atoms with E-state index in [4.69, 9.17) is 14.4 Å². The van der Waals surface area contributed by atoms with Crippen molar-refractivity contribution in [2.45, 2.75) is 19.4 Å². The number of hydrogen-bond donors (Lipinski definition) is 1. The summed E-state index contributed by atoms with van der Waals surface area (Å²) in [7, 11) is 2.89. The summed E-state index contributed by atoms with van der Waals surface area (Å²) in [6.45, 7) is 0.103. The van der Waals surface area contributed by atoms with Crippen molar-refractivity contribution in [3.8, 4) is 5.75 Å². The van der Waals surface area contributed by atoms with Crippen LogP contribution < -0.4 is 10.1 Å². The smallest absolute Gasteiger partial charge is 0.273 e. The molecule has 0 aliphatic rings. The number of rotatable bonds is 11. The molecule has 3 rings (SSSR count). The number of halogens is 1. The number of nitrogens with one attached hydrogen (secondary N) is 1. The summed E-state index contributed by atoms with van der Waals surface area (Å²) in [5.41, 5.74) is 2.95. The minimum atomic E-state index is -1.47. The van der Waals surface area contributed by atoms with Crippen LogP contribution in [-0.2, 0) is 27.5 Å². The van der Waals surface area contributed by atoms with Gasteiger partial charge in [-0.1, -0.05) is 77.0 Å². The minimum Gasteiger partial charge on any atom is -0.460 e. The summed E-state index contributed by atoms with van der Waals surface area (Å²) in [4.78, 5) is 22.4. The van der Waals surface area contributed by atoms with Crippen LogP contribution in [0, 0.1) is 0 Å². The van der Waals surface area contributed by atoms with E-state index in [-0.39, 0.29) is 24.6 Å².